The van der Waals surface area contributed by atoms with E-state index in [0.29, 0.717) is 30.3 Å². The van der Waals surface area contributed by atoms with Crippen molar-refractivity contribution in [2.75, 3.05) is 47.5 Å². The summed E-state index contributed by atoms with van der Waals surface area (Å²) in [6.45, 7) is 3.99. The maximum absolute atomic E-state index is 12.7. The third kappa shape index (κ3) is 43.1. The van der Waals surface area contributed by atoms with Gasteiger partial charge in [0.15, 0.2) is 6.10 Å². The highest BCUT2D eigenvalue weighted by Gasteiger charge is 2.27. The van der Waals surface area contributed by atoms with E-state index in [2.05, 4.69) is 85.9 Å². The van der Waals surface area contributed by atoms with Crippen molar-refractivity contribution < 1.29 is 47.2 Å². The number of ether oxygens (including phenoxy) is 2. The van der Waals surface area contributed by atoms with E-state index in [1.54, 1.807) is 0 Å². The van der Waals surface area contributed by atoms with E-state index in [4.69, 9.17) is 18.5 Å². The molecule has 0 fully saturated rings. The Hall–Kier alpha value is -2.85. The summed E-state index contributed by atoms with van der Waals surface area (Å²) in [5.41, 5.74) is 0. The summed E-state index contributed by atoms with van der Waals surface area (Å²) in [6, 6.07) is 0. The first-order valence-electron chi connectivity index (χ1n) is 22.4. The van der Waals surface area contributed by atoms with Gasteiger partial charge in [-0.1, -0.05) is 125 Å². The van der Waals surface area contributed by atoms with Crippen LogP contribution in [-0.4, -0.2) is 86.1 Å². The number of hydrogen-bond acceptors (Lipinski definition) is 8. The zero-order valence-electron chi connectivity index (χ0n) is 37.6. The Labute approximate surface area is 359 Å². The molecule has 0 saturated carbocycles. The van der Waals surface area contributed by atoms with Gasteiger partial charge in [-0.15, -0.1) is 0 Å². The highest BCUT2D eigenvalue weighted by atomic mass is 31.2. The summed E-state index contributed by atoms with van der Waals surface area (Å²) in [6.07, 6.45) is 47.2. The molecule has 0 aliphatic rings. The quantitative estimate of drug-likeness (QED) is 0.0204. The van der Waals surface area contributed by atoms with Gasteiger partial charge in [0.2, 0.25) is 0 Å². The molecule has 59 heavy (non-hydrogen) atoms. The molecule has 0 aliphatic carbocycles. The van der Waals surface area contributed by atoms with Crippen LogP contribution < -0.4 is 0 Å². The molecule has 2 N–H and O–H groups in total. The largest absolute Gasteiger partial charge is 0.472 e. The monoisotopic (exact) mass is 849 g/mol. The van der Waals surface area contributed by atoms with E-state index in [-0.39, 0.29) is 32.2 Å². The summed E-state index contributed by atoms with van der Waals surface area (Å²) in [4.78, 5) is 35.4. The minimum atomic E-state index is -4.41. The fourth-order valence-electron chi connectivity index (χ4n) is 5.34. The summed E-state index contributed by atoms with van der Waals surface area (Å²) < 4.78 is 34.2. The van der Waals surface area contributed by atoms with Gasteiger partial charge >= 0.3 is 19.8 Å². The Morgan fingerprint density at radius 3 is 1.59 bits per heavy atom. The lowest BCUT2D eigenvalue weighted by Crippen LogP contribution is -2.37. The van der Waals surface area contributed by atoms with E-state index >= 15 is 0 Å². The Bertz CT molecular complexity index is 1300. The second-order valence-corrected chi connectivity index (χ2v) is 17.3. The summed E-state index contributed by atoms with van der Waals surface area (Å²) >= 11 is 0. The molecule has 0 bridgehead atoms. The second kappa shape index (κ2) is 39.3. The number of quaternary nitrogens is 1. The molecule has 0 amide bonds. The molecule has 3 atom stereocenters. The molecule has 0 aromatic heterocycles. The molecule has 1 unspecified atom stereocenters. The zero-order chi connectivity index (χ0) is 43.7. The average molecular weight is 849 g/mol. The zero-order valence-corrected chi connectivity index (χ0v) is 38.5. The first-order valence-corrected chi connectivity index (χ1v) is 23.9. The van der Waals surface area contributed by atoms with E-state index in [9.17, 15) is 24.2 Å². The third-order valence-corrected chi connectivity index (χ3v) is 10.0. The molecule has 338 valence electrons. The molecule has 0 heterocycles. The number of phosphoric ester groups is 1. The molecule has 0 aromatic rings. The average Bonchev–Trinajstić information content (AvgIpc) is 3.19. The highest BCUT2D eigenvalue weighted by molar-refractivity contribution is 7.47. The predicted octanol–water partition coefficient (Wildman–Crippen LogP) is 11.8. The van der Waals surface area contributed by atoms with Gasteiger partial charge in [0.25, 0.3) is 0 Å². The lowest BCUT2D eigenvalue weighted by molar-refractivity contribution is -0.870. The lowest BCUT2D eigenvalue weighted by atomic mass is 10.1. The number of rotatable bonds is 39. The maximum atomic E-state index is 12.7. The van der Waals surface area contributed by atoms with Crippen molar-refractivity contribution in [1.29, 1.82) is 0 Å². The number of aliphatic hydroxyl groups excluding tert-OH is 1. The normalized spacial score (nSPS) is 14.9. The third-order valence-electron chi connectivity index (χ3n) is 9.06. The Morgan fingerprint density at radius 2 is 1.07 bits per heavy atom. The van der Waals surface area contributed by atoms with Crippen LogP contribution in [0.25, 0.3) is 0 Å². The van der Waals surface area contributed by atoms with Gasteiger partial charge in [0.1, 0.15) is 19.8 Å². The van der Waals surface area contributed by atoms with Crippen LogP contribution in [0.4, 0.5) is 0 Å². The lowest BCUT2D eigenvalue weighted by Gasteiger charge is -2.24. The van der Waals surface area contributed by atoms with Crippen LogP contribution in [0.3, 0.4) is 0 Å². The molecule has 0 aliphatic heterocycles. The molecular formula is C48H83NO9P+. The van der Waals surface area contributed by atoms with Crippen LogP contribution in [-0.2, 0) is 32.7 Å². The van der Waals surface area contributed by atoms with Crippen molar-refractivity contribution in [2.24, 2.45) is 0 Å². The highest BCUT2D eigenvalue weighted by Crippen LogP contribution is 2.43. The number of aliphatic hydroxyl groups is 1. The van der Waals surface area contributed by atoms with E-state index in [1.165, 1.54) is 25.7 Å². The summed E-state index contributed by atoms with van der Waals surface area (Å²) in [5, 5.41) is 9.57. The SMILES string of the molecule is CCCCC/C=C\C/C=C\C/C=C\CCCCCCC(=O)OC[C@H](COP(=O)(O)OCC[N+](C)(C)C)OC(=O)CCC/C=C\C/C=C\C/C=C\C/C=C\CC[C@H](O)CC. The summed E-state index contributed by atoms with van der Waals surface area (Å²) in [5.74, 6) is -0.917. The summed E-state index contributed by atoms with van der Waals surface area (Å²) in [7, 11) is 1.39. The van der Waals surface area contributed by atoms with Crippen LogP contribution in [0, 0.1) is 0 Å². The first-order chi connectivity index (χ1) is 28.4. The molecule has 0 aromatic carbocycles. The molecule has 0 rings (SSSR count). The predicted molar refractivity (Wildman–Crippen MR) is 244 cm³/mol. The van der Waals surface area contributed by atoms with Crippen molar-refractivity contribution in [2.45, 2.75) is 161 Å². The van der Waals surface area contributed by atoms with Crippen LogP contribution in [0.15, 0.2) is 85.1 Å². The van der Waals surface area contributed by atoms with Crippen LogP contribution in [0.5, 0.6) is 0 Å². The molecular weight excluding hydrogens is 765 g/mol. The number of phosphoric acid groups is 1. The van der Waals surface area contributed by atoms with Crippen molar-refractivity contribution in [3.8, 4) is 0 Å². The van der Waals surface area contributed by atoms with Gasteiger partial charge in [-0.2, -0.15) is 0 Å². The Morgan fingerprint density at radius 1 is 0.593 bits per heavy atom. The number of carbonyl (C=O) groups is 2. The minimum absolute atomic E-state index is 0.00670. The maximum Gasteiger partial charge on any atom is 0.472 e. The Kier molecular flexibility index (Phi) is 37.4. The fourth-order valence-corrected chi connectivity index (χ4v) is 6.09. The number of likely N-dealkylation sites (N-methyl/N-ethyl adjacent to an activating group) is 1. The molecule has 0 spiro atoms. The van der Waals surface area contributed by atoms with Gasteiger partial charge in [-0.3, -0.25) is 18.6 Å². The van der Waals surface area contributed by atoms with Gasteiger partial charge in [0, 0.05) is 12.8 Å². The number of hydrogen-bond donors (Lipinski definition) is 2. The molecule has 11 heteroatoms. The molecule has 0 saturated heterocycles. The topological polar surface area (TPSA) is 129 Å². The van der Waals surface area contributed by atoms with Crippen LogP contribution in [0.2, 0.25) is 0 Å². The van der Waals surface area contributed by atoms with Crippen molar-refractivity contribution in [3.63, 3.8) is 0 Å². The van der Waals surface area contributed by atoms with Crippen molar-refractivity contribution in [1.82, 2.24) is 0 Å². The first kappa shape index (κ1) is 56.1. The van der Waals surface area contributed by atoms with Gasteiger partial charge in [-0.25, -0.2) is 4.57 Å². The van der Waals surface area contributed by atoms with Gasteiger partial charge in [0.05, 0.1) is 33.9 Å². The number of allylic oxidation sites excluding steroid dienone is 14. The van der Waals surface area contributed by atoms with Crippen molar-refractivity contribution in [3.05, 3.63) is 85.1 Å². The fraction of sp³-hybridized carbons (Fsp3) is 0.667. The second-order valence-electron chi connectivity index (χ2n) is 15.9. The smallest absolute Gasteiger partial charge is 0.462 e. The van der Waals surface area contributed by atoms with Crippen LogP contribution >= 0.6 is 7.82 Å². The standard InChI is InChI=1S/C48H82NO9P/c1-6-8-9-10-11-12-13-14-15-16-17-21-24-27-30-33-36-39-47(51)55-43-46(44-57-59(53,54)56-42-41-49(3,4)5)58-48(52)40-37-34-31-28-25-22-19-18-20-23-26-29-32-35-38-45(50)7-2/h11-12,14-15,17,19-23,28-29,31-32,45-46,50H,6-10,13,16,18,24-27,30,33-44H2,1-5H3/p+1/b12-11-,15-14-,21-17-,22-19-,23-20-,31-28-,32-29-/t45-,46-/m1/s1. The van der Waals surface area contributed by atoms with Gasteiger partial charge < -0.3 is 24.0 Å². The molecule has 0 radical (unpaired) electrons. The molecule has 10 nitrogen and oxygen atoms in total. The van der Waals surface area contributed by atoms with Crippen LogP contribution in [0.1, 0.15) is 149 Å². The van der Waals surface area contributed by atoms with E-state index in [0.717, 1.165) is 77.0 Å². The number of esters is 2. The van der Waals surface area contributed by atoms with Crippen molar-refractivity contribution >= 4 is 19.8 Å². The minimum Gasteiger partial charge on any atom is -0.462 e. The Balaban J connectivity index is 4.52. The van der Waals surface area contributed by atoms with E-state index in [1.807, 2.05) is 34.1 Å². The van der Waals surface area contributed by atoms with E-state index < -0.39 is 32.5 Å². The number of nitrogens with zero attached hydrogens (tertiary/aromatic N) is 1. The number of unbranched alkanes of at least 4 members (excludes halogenated alkanes) is 8. The number of carbonyl (C=O) groups excluding carboxylic acids is 2. The van der Waals surface area contributed by atoms with Gasteiger partial charge in [-0.05, 0) is 96.3 Å².